The normalized spacial score (nSPS) is 14.9. The van der Waals surface area contributed by atoms with Crippen molar-refractivity contribution >= 4 is 12.4 Å². The van der Waals surface area contributed by atoms with Crippen LogP contribution in [0.2, 0.25) is 0 Å². The molecule has 1 aromatic heterocycles. The largest absolute Gasteiger partial charge is 0.491 e. The molecule has 2 heterocycles. The third-order valence-electron chi connectivity index (χ3n) is 2.75. The number of pyridine rings is 1. The van der Waals surface area contributed by atoms with E-state index in [-0.39, 0.29) is 11.6 Å². The second-order valence-electron chi connectivity index (χ2n) is 4.00. The molecule has 1 amide bonds. The molecule has 0 aliphatic carbocycles. The van der Waals surface area contributed by atoms with E-state index in [1.54, 1.807) is 4.90 Å². The third kappa shape index (κ3) is 3.19. The Balaban J connectivity index is 2.09. The van der Waals surface area contributed by atoms with Crippen molar-refractivity contribution in [2.45, 2.75) is 0 Å². The molecule has 2 rings (SSSR count). The van der Waals surface area contributed by atoms with E-state index in [0.29, 0.717) is 24.9 Å². The second-order valence-corrected chi connectivity index (χ2v) is 4.00. The van der Waals surface area contributed by atoms with Crippen molar-refractivity contribution in [3.63, 3.8) is 0 Å². The van der Waals surface area contributed by atoms with Gasteiger partial charge in [-0.05, 0) is 6.07 Å². The third-order valence-corrected chi connectivity index (χ3v) is 2.75. The maximum absolute atomic E-state index is 11.9. The molecule has 0 aromatic carbocycles. The summed E-state index contributed by atoms with van der Waals surface area (Å²) in [5.41, 5.74) is 0.360. The number of carbonyl (C=O) groups is 2. The van der Waals surface area contributed by atoms with Crippen LogP contribution in [0, 0.1) is 0 Å². The first-order valence-electron chi connectivity index (χ1n) is 5.91. The summed E-state index contributed by atoms with van der Waals surface area (Å²) in [6.45, 7) is 2.66. The van der Waals surface area contributed by atoms with Crippen LogP contribution in [0.5, 0.6) is 11.6 Å². The molecular formula is C12H15N3O4. The van der Waals surface area contributed by atoms with Gasteiger partial charge in [-0.1, -0.05) is 0 Å². The van der Waals surface area contributed by atoms with E-state index in [4.69, 9.17) is 9.47 Å². The van der Waals surface area contributed by atoms with Crippen molar-refractivity contribution in [2.75, 3.05) is 33.3 Å². The van der Waals surface area contributed by atoms with Gasteiger partial charge in [-0.15, -0.1) is 0 Å². The standard InChI is InChI=1S/C12H15N3O4/c1-18-10-6-9(8-16)7-14-11(10)19-12(17)15-4-2-13-3-5-15/h6-8,13H,2-5H2,1H3. The number of amides is 1. The zero-order valence-electron chi connectivity index (χ0n) is 10.6. The molecule has 0 spiro atoms. The van der Waals surface area contributed by atoms with Crippen LogP contribution in [-0.2, 0) is 0 Å². The lowest BCUT2D eigenvalue weighted by Crippen LogP contribution is -2.47. The highest BCUT2D eigenvalue weighted by molar-refractivity contribution is 5.76. The fourth-order valence-corrected chi connectivity index (χ4v) is 1.73. The van der Waals surface area contributed by atoms with Crippen molar-refractivity contribution in [1.82, 2.24) is 15.2 Å². The molecule has 19 heavy (non-hydrogen) atoms. The summed E-state index contributed by atoms with van der Waals surface area (Å²) >= 11 is 0. The van der Waals surface area contributed by atoms with Gasteiger partial charge in [0, 0.05) is 37.9 Å². The second kappa shape index (κ2) is 6.14. The number of aromatic nitrogens is 1. The molecule has 1 fully saturated rings. The Morgan fingerprint density at radius 1 is 1.47 bits per heavy atom. The van der Waals surface area contributed by atoms with E-state index in [1.807, 2.05) is 0 Å². The van der Waals surface area contributed by atoms with Crippen LogP contribution in [0.25, 0.3) is 0 Å². The highest BCUT2D eigenvalue weighted by Crippen LogP contribution is 2.25. The van der Waals surface area contributed by atoms with Crippen molar-refractivity contribution < 1.29 is 19.1 Å². The highest BCUT2D eigenvalue weighted by atomic mass is 16.6. The van der Waals surface area contributed by atoms with Crippen molar-refractivity contribution in [3.05, 3.63) is 17.8 Å². The minimum atomic E-state index is -0.467. The molecule has 1 aromatic rings. The SMILES string of the molecule is COc1cc(C=O)cnc1OC(=O)N1CCNCC1. The molecule has 1 aliphatic heterocycles. The lowest BCUT2D eigenvalue weighted by molar-refractivity contribution is 0.112. The maximum Gasteiger partial charge on any atom is 0.416 e. The molecule has 0 atom stereocenters. The molecule has 0 radical (unpaired) electrons. The number of ether oxygens (including phenoxy) is 2. The van der Waals surface area contributed by atoms with Gasteiger partial charge in [-0.25, -0.2) is 9.78 Å². The first-order chi connectivity index (χ1) is 9.24. The van der Waals surface area contributed by atoms with Crippen LogP contribution in [0.4, 0.5) is 4.79 Å². The van der Waals surface area contributed by atoms with E-state index in [9.17, 15) is 9.59 Å². The summed E-state index contributed by atoms with van der Waals surface area (Å²) < 4.78 is 10.2. The molecule has 1 aliphatic rings. The van der Waals surface area contributed by atoms with E-state index < -0.39 is 6.09 Å². The Hall–Kier alpha value is -2.15. The molecular weight excluding hydrogens is 250 g/mol. The number of hydrogen-bond acceptors (Lipinski definition) is 6. The predicted molar refractivity (Wildman–Crippen MR) is 66.6 cm³/mol. The Bertz CT molecular complexity index is 472. The van der Waals surface area contributed by atoms with Gasteiger partial charge in [0.1, 0.15) is 0 Å². The van der Waals surface area contributed by atoms with Gasteiger partial charge < -0.3 is 19.7 Å². The Morgan fingerprint density at radius 2 is 2.21 bits per heavy atom. The molecule has 0 bridgehead atoms. The van der Waals surface area contributed by atoms with E-state index >= 15 is 0 Å². The average molecular weight is 265 g/mol. The van der Waals surface area contributed by atoms with Crippen LogP contribution < -0.4 is 14.8 Å². The number of piperazine rings is 1. The molecule has 1 saturated heterocycles. The molecule has 7 nitrogen and oxygen atoms in total. The van der Waals surface area contributed by atoms with Gasteiger partial charge in [0.15, 0.2) is 12.0 Å². The molecule has 7 heteroatoms. The lowest BCUT2D eigenvalue weighted by atomic mass is 10.3. The quantitative estimate of drug-likeness (QED) is 0.792. The number of nitrogens with one attached hydrogen (secondary N) is 1. The van der Waals surface area contributed by atoms with E-state index in [1.165, 1.54) is 19.4 Å². The zero-order chi connectivity index (χ0) is 13.7. The smallest absolute Gasteiger partial charge is 0.416 e. The van der Waals surface area contributed by atoms with E-state index in [0.717, 1.165) is 13.1 Å². The van der Waals surface area contributed by atoms with Crippen LogP contribution in [0.15, 0.2) is 12.3 Å². The van der Waals surface area contributed by atoms with Gasteiger partial charge >= 0.3 is 6.09 Å². The van der Waals surface area contributed by atoms with Crippen LogP contribution in [0.1, 0.15) is 10.4 Å². The monoisotopic (exact) mass is 265 g/mol. The van der Waals surface area contributed by atoms with Crippen LogP contribution in [0.3, 0.4) is 0 Å². The first-order valence-corrected chi connectivity index (χ1v) is 5.91. The molecule has 0 unspecified atom stereocenters. The molecule has 1 N–H and O–H groups in total. The fraction of sp³-hybridized carbons (Fsp3) is 0.417. The Kier molecular flexibility index (Phi) is 4.30. The summed E-state index contributed by atoms with van der Waals surface area (Å²) in [5.74, 6) is 0.324. The van der Waals surface area contributed by atoms with E-state index in [2.05, 4.69) is 10.3 Å². The number of hydrogen-bond donors (Lipinski definition) is 1. The highest BCUT2D eigenvalue weighted by Gasteiger charge is 2.20. The van der Waals surface area contributed by atoms with Gasteiger partial charge in [-0.2, -0.15) is 0 Å². The average Bonchev–Trinajstić information content (AvgIpc) is 2.48. The first kappa shape index (κ1) is 13.3. The fourth-order valence-electron chi connectivity index (χ4n) is 1.73. The predicted octanol–water partition coefficient (Wildman–Crippen LogP) is 0.307. The summed E-state index contributed by atoms with van der Waals surface area (Å²) in [6, 6.07) is 1.47. The minimum Gasteiger partial charge on any atom is -0.491 e. The number of methoxy groups -OCH3 is 1. The molecule has 0 saturated carbocycles. The summed E-state index contributed by atoms with van der Waals surface area (Å²) in [4.78, 5) is 28.0. The summed E-state index contributed by atoms with van der Waals surface area (Å²) in [5, 5.41) is 3.14. The maximum atomic E-state index is 11.9. The molecule has 102 valence electrons. The van der Waals surface area contributed by atoms with Gasteiger partial charge in [0.05, 0.1) is 7.11 Å². The number of aldehydes is 1. The van der Waals surface area contributed by atoms with Crippen LogP contribution >= 0.6 is 0 Å². The van der Waals surface area contributed by atoms with Crippen molar-refractivity contribution in [2.24, 2.45) is 0 Å². The van der Waals surface area contributed by atoms with Crippen molar-refractivity contribution in [1.29, 1.82) is 0 Å². The zero-order valence-corrected chi connectivity index (χ0v) is 10.6. The summed E-state index contributed by atoms with van der Waals surface area (Å²) in [6.07, 6.45) is 1.51. The Morgan fingerprint density at radius 3 is 2.84 bits per heavy atom. The summed E-state index contributed by atoms with van der Waals surface area (Å²) in [7, 11) is 1.42. The number of carbonyl (C=O) groups excluding carboxylic acids is 2. The number of rotatable bonds is 3. The van der Waals surface area contributed by atoms with Gasteiger partial charge in [0.25, 0.3) is 5.88 Å². The van der Waals surface area contributed by atoms with Crippen LogP contribution in [-0.4, -0.2) is 55.6 Å². The number of nitrogens with zero attached hydrogens (tertiary/aromatic N) is 2. The lowest BCUT2D eigenvalue weighted by Gasteiger charge is -2.26. The minimum absolute atomic E-state index is 0.0663. The Labute approximate surface area is 110 Å². The van der Waals surface area contributed by atoms with Gasteiger partial charge in [-0.3, -0.25) is 4.79 Å². The van der Waals surface area contributed by atoms with Crippen molar-refractivity contribution in [3.8, 4) is 11.6 Å². The van der Waals surface area contributed by atoms with Gasteiger partial charge in [0.2, 0.25) is 0 Å². The topological polar surface area (TPSA) is 80.8 Å².